The Kier molecular flexibility index (Phi) is 4.97. The quantitative estimate of drug-likeness (QED) is 0.672. The molecule has 1 unspecified atom stereocenters. The van der Waals surface area contributed by atoms with Gasteiger partial charge in [0, 0.05) is 12.1 Å². The van der Waals surface area contributed by atoms with Gasteiger partial charge >= 0.3 is 0 Å². The second-order valence-corrected chi connectivity index (χ2v) is 6.54. The molecule has 1 fully saturated rings. The molecule has 0 bridgehead atoms. The Morgan fingerprint density at radius 2 is 1.89 bits per heavy atom. The van der Waals surface area contributed by atoms with Crippen LogP contribution in [0.4, 0.5) is 0 Å². The van der Waals surface area contributed by atoms with Crippen molar-refractivity contribution in [1.29, 1.82) is 0 Å². The summed E-state index contributed by atoms with van der Waals surface area (Å²) in [6, 6.07) is 14.4. The summed E-state index contributed by atoms with van der Waals surface area (Å²) in [7, 11) is 3.18. The topological polar surface area (TPSA) is 77.7 Å². The molecule has 1 aliphatic heterocycles. The molecule has 1 atom stereocenters. The van der Waals surface area contributed by atoms with Crippen molar-refractivity contribution in [1.82, 2.24) is 15.0 Å². The van der Waals surface area contributed by atoms with Crippen LogP contribution in [0.3, 0.4) is 0 Å². The highest BCUT2D eigenvalue weighted by Gasteiger charge is 2.35. The minimum Gasteiger partial charge on any atom is -0.497 e. The molecule has 0 N–H and O–H groups in total. The number of amides is 1. The molecular formula is C21H21N3O4. The van der Waals surface area contributed by atoms with Crippen LogP contribution in [0.2, 0.25) is 0 Å². The Morgan fingerprint density at radius 1 is 1.11 bits per heavy atom. The van der Waals surface area contributed by atoms with Crippen LogP contribution in [0.1, 0.15) is 35.1 Å². The maximum Gasteiger partial charge on any atom is 0.258 e. The predicted molar refractivity (Wildman–Crippen MR) is 102 cm³/mol. The summed E-state index contributed by atoms with van der Waals surface area (Å²) < 4.78 is 16.0. The van der Waals surface area contributed by atoms with Crippen LogP contribution in [-0.4, -0.2) is 41.7 Å². The minimum absolute atomic E-state index is 0.0934. The van der Waals surface area contributed by atoms with Gasteiger partial charge in [-0.3, -0.25) is 4.79 Å². The monoisotopic (exact) mass is 379 g/mol. The fraction of sp³-hybridized carbons (Fsp3) is 0.286. The molecule has 1 aliphatic rings. The van der Waals surface area contributed by atoms with E-state index in [1.54, 1.807) is 31.3 Å². The van der Waals surface area contributed by atoms with Crippen molar-refractivity contribution in [3.63, 3.8) is 0 Å². The second-order valence-electron chi connectivity index (χ2n) is 6.54. The molecule has 3 aromatic rings. The van der Waals surface area contributed by atoms with Crippen molar-refractivity contribution < 1.29 is 18.8 Å². The average molecular weight is 379 g/mol. The van der Waals surface area contributed by atoms with Gasteiger partial charge in [-0.1, -0.05) is 17.3 Å². The fourth-order valence-corrected chi connectivity index (χ4v) is 3.47. The highest BCUT2D eigenvalue weighted by atomic mass is 16.5. The zero-order chi connectivity index (χ0) is 19.5. The van der Waals surface area contributed by atoms with Gasteiger partial charge in [0.05, 0.1) is 19.8 Å². The van der Waals surface area contributed by atoms with E-state index < -0.39 is 0 Å². The lowest BCUT2D eigenvalue weighted by Crippen LogP contribution is -2.31. The molecule has 0 aliphatic carbocycles. The number of rotatable bonds is 5. The van der Waals surface area contributed by atoms with E-state index in [-0.39, 0.29) is 11.9 Å². The van der Waals surface area contributed by atoms with E-state index in [1.807, 2.05) is 36.4 Å². The normalized spacial score (nSPS) is 16.2. The minimum atomic E-state index is -0.239. The molecule has 1 amide bonds. The number of hydrogen-bond acceptors (Lipinski definition) is 6. The molecule has 0 spiro atoms. The smallest absolute Gasteiger partial charge is 0.258 e. The number of ether oxygens (including phenoxy) is 2. The number of aromatic nitrogens is 2. The lowest BCUT2D eigenvalue weighted by molar-refractivity contribution is 0.0706. The van der Waals surface area contributed by atoms with E-state index in [2.05, 4.69) is 10.1 Å². The maximum absolute atomic E-state index is 13.1. The first kappa shape index (κ1) is 18.0. The van der Waals surface area contributed by atoms with Gasteiger partial charge in [-0.05, 0) is 49.2 Å². The van der Waals surface area contributed by atoms with E-state index in [0.717, 1.165) is 24.2 Å². The van der Waals surface area contributed by atoms with Crippen molar-refractivity contribution in [3.8, 4) is 22.9 Å². The molecule has 7 heteroatoms. The van der Waals surface area contributed by atoms with Crippen LogP contribution in [0, 0.1) is 0 Å². The van der Waals surface area contributed by atoms with Gasteiger partial charge in [0.15, 0.2) is 0 Å². The molecule has 7 nitrogen and oxygen atoms in total. The van der Waals surface area contributed by atoms with Crippen LogP contribution >= 0.6 is 0 Å². The lowest BCUT2D eigenvalue weighted by Gasteiger charge is -2.22. The zero-order valence-corrected chi connectivity index (χ0v) is 15.8. The van der Waals surface area contributed by atoms with Gasteiger partial charge < -0.3 is 18.9 Å². The number of carbonyl (C=O) groups excluding carboxylic acids is 1. The van der Waals surface area contributed by atoms with Crippen molar-refractivity contribution in [3.05, 3.63) is 60.0 Å². The molecule has 2 heterocycles. The molecule has 0 saturated carbocycles. The third kappa shape index (κ3) is 3.31. The molecule has 1 aromatic heterocycles. The molecule has 28 heavy (non-hydrogen) atoms. The molecule has 1 saturated heterocycles. The standard InChI is InChI=1S/C21H21N3O4/c1-26-15-11-9-14(10-12-15)19-22-20(28-23-19)17-7-5-13-24(17)21(25)16-6-3-4-8-18(16)27-2/h3-4,6,8-12,17H,5,7,13H2,1-2H3. The summed E-state index contributed by atoms with van der Waals surface area (Å²) >= 11 is 0. The number of carbonyl (C=O) groups is 1. The maximum atomic E-state index is 13.1. The predicted octanol–water partition coefficient (Wildman–Crippen LogP) is 3.73. The summed E-state index contributed by atoms with van der Waals surface area (Å²) in [5.41, 5.74) is 1.36. The molecular weight excluding hydrogens is 358 g/mol. The van der Waals surface area contributed by atoms with E-state index in [0.29, 0.717) is 29.6 Å². The van der Waals surface area contributed by atoms with E-state index in [1.165, 1.54) is 0 Å². The van der Waals surface area contributed by atoms with Crippen LogP contribution in [0.25, 0.3) is 11.4 Å². The van der Waals surface area contributed by atoms with Crippen molar-refractivity contribution in [2.75, 3.05) is 20.8 Å². The summed E-state index contributed by atoms with van der Waals surface area (Å²) in [5.74, 6) is 2.17. The van der Waals surface area contributed by atoms with E-state index in [9.17, 15) is 4.79 Å². The third-order valence-corrected chi connectivity index (χ3v) is 4.93. The Morgan fingerprint density at radius 3 is 2.64 bits per heavy atom. The third-order valence-electron chi connectivity index (χ3n) is 4.93. The Hall–Kier alpha value is -3.35. The average Bonchev–Trinajstić information content (AvgIpc) is 3.42. The zero-order valence-electron chi connectivity index (χ0n) is 15.8. The Bertz CT molecular complexity index is 968. The first-order valence-corrected chi connectivity index (χ1v) is 9.13. The highest BCUT2D eigenvalue weighted by molar-refractivity contribution is 5.97. The van der Waals surface area contributed by atoms with Gasteiger partial charge in [0.1, 0.15) is 17.5 Å². The van der Waals surface area contributed by atoms with E-state index in [4.69, 9.17) is 14.0 Å². The van der Waals surface area contributed by atoms with E-state index >= 15 is 0 Å². The van der Waals surface area contributed by atoms with Crippen molar-refractivity contribution in [2.24, 2.45) is 0 Å². The number of para-hydroxylation sites is 1. The second kappa shape index (κ2) is 7.72. The van der Waals surface area contributed by atoms with Gasteiger partial charge in [-0.25, -0.2) is 0 Å². The number of methoxy groups -OCH3 is 2. The lowest BCUT2D eigenvalue weighted by atomic mass is 10.1. The molecule has 144 valence electrons. The van der Waals surface area contributed by atoms with Crippen LogP contribution in [0.5, 0.6) is 11.5 Å². The van der Waals surface area contributed by atoms with Crippen LogP contribution < -0.4 is 9.47 Å². The van der Waals surface area contributed by atoms with Crippen LogP contribution in [-0.2, 0) is 0 Å². The molecule has 4 rings (SSSR count). The van der Waals surface area contributed by atoms with Gasteiger partial charge in [0.25, 0.3) is 5.91 Å². The molecule has 2 aromatic carbocycles. The van der Waals surface area contributed by atoms with Crippen LogP contribution in [0.15, 0.2) is 53.1 Å². The SMILES string of the molecule is COc1ccc(-c2noc(C3CCCN3C(=O)c3ccccc3OC)n2)cc1. The fourth-order valence-electron chi connectivity index (χ4n) is 3.47. The molecule has 0 radical (unpaired) electrons. The summed E-state index contributed by atoms with van der Waals surface area (Å²) in [6.45, 7) is 0.641. The largest absolute Gasteiger partial charge is 0.497 e. The number of nitrogens with zero attached hydrogens (tertiary/aromatic N) is 3. The first-order valence-electron chi connectivity index (χ1n) is 9.13. The van der Waals surface area contributed by atoms with Gasteiger partial charge in [-0.15, -0.1) is 0 Å². The number of likely N-dealkylation sites (tertiary alicyclic amines) is 1. The van der Waals surface area contributed by atoms with Crippen molar-refractivity contribution >= 4 is 5.91 Å². The summed E-state index contributed by atoms with van der Waals surface area (Å²) in [6.07, 6.45) is 1.66. The Labute approximate surface area is 162 Å². The first-order chi connectivity index (χ1) is 13.7. The highest BCUT2D eigenvalue weighted by Crippen LogP contribution is 2.34. The summed E-state index contributed by atoms with van der Waals surface area (Å²) in [5, 5.41) is 4.10. The Balaban J connectivity index is 1.58. The van der Waals surface area contributed by atoms with Gasteiger partial charge in [-0.2, -0.15) is 4.98 Å². The number of hydrogen-bond donors (Lipinski definition) is 0. The summed E-state index contributed by atoms with van der Waals surface area (Å²) in [4.78, 5) is 19.4. The van der Waals surface area contributed by atoms with Gasteiger partial charge in [0.2, 0.25) is 11.7 Å². The number of benzene rings is 2. The van der Waals surface area contributed by atoms with Crippen molar-refractivity contribution in [2.45, 2.75) is 18.9 Å².